The molecule has 2 rings (SSSR count). The van der Waals surface area contributed by atoms with Crippen LogP contribution in [-0.2, 0) is 10.0 Å². The van der Waals surface area contributed by atoms with Crippen LogP contribution in [0.4, 0.5) is 5.95 Å². The Morgan fingerprint density at radius 2 is 1.71 bits per heavy atom. The molecule has 1 aromatic heterocycles. The largest absolute Gasteiger partial charge is 0.368 e. The van der Waals surface area contributed by atoms with Crippen LogP contribution in [0.25, 0.3) is 0 Å². The summed E-state index contributed by atoms with van der Waals surface area (Å²) in [6.07, 6.45) is 2.49. The Hall–Kier alpha value is -1.25. The first-order chi connectivity index (χ1) is 8.00. The highest BCUT2D eigenvalue weighted by Crippen LogP contribution is 2.15. The van der Waals surface area contributed by atoms with Crippen molar-refractivity contribution in [2.75, 3.05) is 39.0 Å². The third-order valence-corrected chi connectivity index (χ3v) is 4.60. The Bertz CT molecular complexity index is 479. The van der Waals surface area contributed by atoms with Gasteiger partial charge in [0.2, 0.25) is 16.0 Å². The van der Waals surface area contributed by atoms with Crippen molar-refractivity contribution in [1.29, 1.82) is 0 Å². The highest BCUT2D eigenvalue weighted by molar-refractivity contribution is 7.89. The van der Waals surface area contributed by atoms with Crippen LogP contribution in [0.1, 0.15) is 0 Å². The van der Waals surface area contributed by atoms with Crippen molar-refractivity contribution in [2.24, 2.45) is 0 Å². The van der Waals surface area contributed by atoms with Gasteiger partial charge in [0.05, 0.1) is 12.4 Å². The maximum Gasteiger partial charge on any atom is 0.246 e. The Morgan fingerprint density at radius 3 is 2.24 bits per heavy atom. The lowest BCUT2D eigenvalue weighted by Crippen LogP contribution is -2.47. The molecule has 0 radical (unpaired) electrons. The number of hydrogen-bond donors (Lipinski definition) is 1. The minimum Gasteiger partial charge on any atom is -0.368 e. The van der Waals surface area contributed by atoms with Gasteiger partial charge in [0.25, 0.3) is 0 Å². The number of nitrogen functional groups attached to an aromatic ring is 1. The summed E-state index contributed by atoms with van der Waals surface area (Å²) in [5.74, 6) is 0.0716. The fourth-order valence-corrected chi connectivity index (χ4v) is 2.95. The van der Waals surface area contributed by atoms with E-state index in [1.807, 2.05) is 7.05 Å². The Balaban J connectivity index is 2.21. The first-order valence-electron chi connectivity index (χ1n) is 5.26. The van der Waals surface area contributed by atoms with E-state index in [9.17, 15) is 8.42 Å². The van der Waals surface area contributed by atoms with Crippen LogP contribution in [0, 0.1) is 0 Å². The molecule has 2 N–H and O–H groups in total. The van der Waals surface area contributed by atoms with Gasteiger partial charge in [-0.25, -0.2) is 18.4 Å². The Morgan fingerprint density at radius 1 is 1.18 bits per heavy atom. The molecule has 2 heterocycles. The molecule has 8 heteroatoms. The van der Waals surface area contributed by atoms with Crippen LogP contribution < -0.4 is 5.73 Å². The van der Waals surface area contributed by atoms with Crippen molar-refractivity contribution in [3.05, 3.63) is 12.4 Å². The second kappa shape index (κ2) is 4.55. The summed E-state index contributed by atoms with van der Waals surface area (Å²) in [4.78, 5) is 9.59. The second-order valence-corrected chi connectivity index (χ2v) is 5.92. The first-order valence-corrected chi connectivity index (χ1v) is 6.70. The fraction of sp³-hybridized carbons (Fsp3) is 0.556. The Labute approximate surface area is 100 Å². The number of hydrogen-bond acceptors (Lipinski definition) is 6. The van der Waals surface area contributed by atoms with E-state index in [1.165, 1.54) is 16.7 Å². The lowest BCUT2D eigenvalue weighted by molar-refractivity contribution is 0.222. The van der Waals surface area contributed by atoms with E-state index in [4.69, 9.17) is 5.73 Å². The van der Waals surface area contributed by atoms with Gasteiger partial charge in [-0.1, -0.05) is 0 Å². The SMILES string of the molecule is CN1CCN(S(=O)(=O)c2cnc(N)nc2)CC1. The normalized spacial score (nSPS) is 19.4. The van der Waals surface area contributed by atoms with Gasteiger partial charge in [-0.05, 0) is 7.05 Å². The van der Waals surface area contributed by atoms with Gasteiger partial charge in [0.15, 0.2) is 0 Å². The molecule has 0 saturated carbocycles. The van der Waals surface area contributed by atoms with E-state index in [2.05, 4.69) is 14.9 Å². The van der Waals surface area contributed by atoms with E-state index in [0.29, 0.717) is 13.1 Å². The summed E-state index contributed by atoms with van der Waals surface area (Å²) in [7, 11) is -1.51. The molecule has 1 fully saturated rings. The predicted molar refractivity (Wildman–Crippen MR) is 62.7 cm³/mol. The molecule has 0 spiro atoms. The van der Waals surface area contributed by atoms with Crippen LogP contribution in [0.5, 0.6) is 0 Å². The molecule has 0 atom stereocenters. The van der Waals surface area contributed by atoms with Gasteiger partial charge in [0, 0.05) is 26.2 Å². The van der Waals surface area contributed by atoms with Gasteiger partial charge in [-0.15, -0.1) is 0 Å². The van der Waals surface area contributed by atoms with Gasteiger partial charge in [0.1, 0.15) is 4.90 Å². The molecular weight excluding hydrogens is 242 g/mol. The Kier molecular flexibility index (Phi) is 3.27. The number of nitrogens with two attached hydrogens (primary N) is 1. The summed E-state index contributed by atoms with van der Waals surface area (Å²) in [6, 6.07) is 0. The van der Waals surface area contributed by atoms with Gasteiger partial charge in [-0.2, -0.15) is 4.31 Å². The summed E-state index contributed by atoms with van der Waals surface area (Å²) in [5.41, 5.74) is 5.33. The number of sulfonamides is 1. The van der Waals surface area contributed by atoms with Crippen molar-refractivity contribution in [3.8, 4) is 0 Å². The van der Waals surface area contributed by atoms with E-state index in [-0.39, 0.29) is 10.8 Å². The lowest BCUT2D eigenvalue weighted by atomic mass is 10.4. The quantitative estimate of drug-likeness (QED) is 0.730. The van der Waals surface area contributed by atoms with E-state index in [1.54, 1.807) is 0 Å². The molecular formula is C9H15N5O2S. The molecule has 1 saturated heterocycles. The minimum atomic E-state index is -3.48. The molecule has 94 valence electrons. The molecule has 0 bridgehead atoms. The monoisotopic (exact) mass is 257 g/mol. The number of nitrogens with zero attached hydrogens (tertiary/aromatic N) is 4. The number of anilines is 1. The standard InChI is InChI=1S/C9H15N5O2S/c1-13-2-4-14(5-3-13)17(15,16)8-6-11-9(10)12-7-8/h6-7H,2-5H2,1H3,(H2,10,11,12). The summed E-state index contributed by atoms with van der Waals surface area (Å²) in [6.45, 7) is 2.44. The molecule has 0 aromatic carbocycles. The first kappa shape index (κ1) is 12.2. The van der Waals surface area contributed by atoms with Crippen LogP contribution in [0.3, 0.4) is 0 Å². The van der Waals surface area contributed by atoms with Crippen molar-refractivity contribution >= 4 is 16.0 Å². The minimum absolute atomic E-state index is 0.0716. The maximum absolute atomic E-state index is 12.2. The molecule has 1 aliphatic heterocycles. The molecule has 1 aliphatic rings. The maximum atomic E-state index is 12.2. The average Bonchev–Trinajstić information content (AvgIpc) is 2.30. The number of aromatic nitrogens is 2. The van der Waals surface area contributed by atoms with E-state index in [0.717, 1.165) is 13.1 Å². The zero-order chi connectivity index (χ0) is 12.5. The molecule has 0 amide bonds. The zero-order valence-corrected chi connectivity index (χ0v) is 10.4. The van der Waals surface area contributed by atoms with E-state index >= 15 is 0 Å². The van der Waals surface area contributed by atoms with Crippen molar-refractivity contribution in [2.45, 2.75) is 4.90 Å². The number of piperazine rings is 1. The molecule has 0 unspecified atom stereocenters. The third-order valence-electron chi connectivity index (χ3n) is 2.75. The highest BCUT2D eigenvalue weighted by Gasteiger charge is 2.27. The van der Waals surface area contributed by atoms with Gasteiger partial charge >= 0.3 is 0 Å². The summed E-state index contributed by atoms with van der Waals surface area (Å²) in [5, 5.41) is 0. The van der Waals surface area contributed by atoms with Crippen molar-refractivity contribution < 1.29 is 8.42 Å². The van der Waals surface area contributed by atoms with Gasteiger partial charge < -0.3 is 10.6 Å². The second-order valence-electron chi connectivity index (χ2n) is 3.98. The smallest absolute Gasteiger partial charge is 0.246 e. The molecule has 1 aromatic rings. The molecule has 0 aliphatic carbocycles. The molecule has 7 nitrogen and oxygen atoms in total. The topological polar surface area (TPSA) is 92.4 Å². The lowest BCUT2D eigenvalue weighted by Gasteiger charge is -2.31. The van der Waals surface area contributed by atoms with Crippen LogP contribution >= 0.6 is 0 Å². The number of rotatable bonds is 2. The average molecular weight is 257 g/mol. The van der Waals surface area contributed by atoms with Crippen LogP contribution in [-0.4, -0.2) is 60.8 Å². The van der Waals surface area contributed by atoms with Gasteiger partial charge in [-0.3, -0.25) is 0 Å². The van der Waals surface area contributed by atoms with Crippen molar-refractivity contribution in [3.63, 3.8) is 0 Å². The summed E-state index contributed by atoms with van der Waals surface area (Å²) < 4.78 is 25.8. The number of likely N-dealkylation sites (N-methyl/N-ethyl adjacent to an activating group) is 1. The predicted octanol–water partition coefficient (Wildman–Crippen LogP) is -1.01. The van der Waals surface area contributed by atoms with Crippen molar-refractivity contribution in [1.82, 2.24) is 19.2 Å². The van der Waals surface area contributed by atoms with E-state index < -0.39 is 10.0 Å². The third kappa shape index (κ3) is 2.54. The van der Waals surface area contributed by atoms with Crippen LogP contribution in [0.2, 0.25) is 0 Å². The zero-order valence-electron chi connectivity index (χ0n) is 9.57. The fourth-order valence-electron chi connectivity index (χ4n) is 1.64. The highest BCUT2D eigenvalue weighted by atomic mass is 32.2. The van der Waals surface area contributed by atoms with Crippen LogP contribution in [0.15, 0.2) is 17.3 Å². The molecule has 17 heavy (non-hydrogen) atoms. The summed E-state index contributed by atoms with van der Waals surface area (Å²) >= 11 is 0.